The monoisotopic (exact) mass is 197 g/mol. The summed E-state index contributed by atoms with van der Waals surface area (Å²) in [6.45, 7) is 0. The zero-order chi connectivity index (χ0) is 9.68. The zero-order valence-corrected chi connectivity index (χ0v) is 8.55. The van der Waals surface area contributed by atoms with Crippen LogP contribution in [0.15, 0.2) is 24.3 Å². The van der Waals surface area contributed by atoms with Crippen LogP contribution in [-0.4, -0.2) is 23.2 Å². The Morgan fingerprint density at radius 1 is 1.54 bits per heavy atom. The minimum absolute atomic E-state index is 0.178. The van der Waals surface area contributed by atoms with Crippen molar-refractivity contribution >= 4 is 11.8 Å². The van der Waals surface area contributed by atoms with Crippen molar-refractivity contribution in [3.8, 4) is 5.75 Å². The van der Waals surface area contributed by atoms with Crippen molar-refractivity contribution in [2.45, 2.75) is 12.5 Å². The summed E-state index contributed by atoms with van der Waals surface area (Å²) < 4.78 is 0. The van der Waals surface area contributed by atoms with Crippen molar-refractivity contribution in [1.82, 2.24) is 0 Å². The number of nitrogens with two attached hydrogens (primary N) is 1. The number of phenols is 1. The van der Waals surface area contributed by atoms with Gasteiger partial charge in [0.1, 0.15) is 5.75 Å². The van der Waals surface area contributed by atoms with Gasteiger partial charge in [0, 0.05) is 11.8 Å². The van der Waals surface area contributed by atoms with Gasteiger partial charge in [-0.1, -0.05) is 12.1 Å². The smallest absolute Gasteiger partial charge is 0.115 e. The average Bonchev–Trinajstić information content (AvgIpc) is 2.04. The molecule has 0 aliphatic heterocycles. The maximum Gasteiger partial charge on any atom is 0.115 e. The van der Waals surface area contributed by atoms with E-state index in [9.17, 15) is 5.11 Å². The van der Waals surface area contributed by atoms with Crippen molar-refractivity contribution < 1.29 is 5.11 Å². The molecule has 1 aromatic rings. The lowest BCUT2D eigenvalue weighted by Gasteiger charge is -2.09. The Balaban J connectivity index is 2.53. The number of benzene rings is 1. The fraction of sp³-hybridized carbons (Fsp3) is 0.400. The topological polar surface area (TPSA) is 46.2 Å². The summed E-state index contributed by atoms with van der Waals surface area (Å²) in [6.07, 6.45) is 2.87. The summed E-state index contributed by atoms with van der Waals surface area (Å²) in [7, 11) is 0. The number of hydrogen-bond donors (Lipinski definition) is 2. The Morgan fingerprint density at radius 2 is 2.31 bits per heavy atom. The Hall–Kier alpha value is -0.670. The van der Waals surface area contributed by atoms with Crippen molar-refractivity contribution in [3.05, 3.63) is 29.8 Å². The summed E-state index contributed by atoms with van der Waals surface area (Å²) in [5.41, 5.74) is 6.96. The quantitative estimate of drug-likeness (QED) is 0.771. The lowest BCUT2D eigenvalue weighted by Crippen LogP contribution is -2.25. The highest BCUT2D eigenvalue weighted by Crippen LogP contribution is 2.12. The number of thioether (sulfide) groups is 1. The number of hydrogen-bond acceptors (Lipinski definition) is 3. The minimum atomic E-state index is 0.178. The van der Waals surface area contributed by atoms with E-state index in [2.05, 4.69) is 0 Å². The molecule has 1 aromatic carbocycles. The van der Waals surface area contributed by atoms with Crippen LogP contribution in [0.1, 0.15) is 5.56 Å². The van der Waals surface area contributed by atoms with Crippen LogP contribution in [0.5, 0.6) is 5.75 Å². The SMILES string of the molecule is CSCC(N)Cc1cccc(O)c1. The van der Waals surface area contributed by atoms with Gasteiger partial charge in [-0.15, -0.1) is 0 Å². The molecule has 2 nitrogen and oxygen atoms in total. The highest BCUT2D eigenvalue weighted by Gasteiger charge is 2.03. The summed E-state index contributed by atoms with van der Waals surface area (Å²) >= 11 is 1.75. The molecule has 1 rings (SSSR count). The molecule has 1 unspecified atom stereocenters. The molecule has 0 aromatic heterocycles. The predicted molar refractivity (Wildman–Crippen MR) is 58.2 cm³/mol. The molecule has 1 atom stereocenters. The second-order valence-corrected chi connectivity index (χ2v) is 4.00. The third-order valence-corrected chi connectivity index (χ3v) is 2.55. The Morgan fingerprint density at radius 3 is 2.92 bits per heavy atom. The number of aromatic hydroxyl groups is 1. The lowest BCUT2D eigenvalue weighted by atomic mass is 10.1. The van der Waals surface area contributed by atoms with Crippen LogP contribution in [0, 0.1) is 0 Å². The van der Waals surface area contributed by atoms with Gasteiger partial charge in [0.05, 0.1) is 0 Å². The Labute approximate surface area is 83.1 Å². The molecule has 0 aliphatic carbocycles. The molecular weight excluding hydrogens is 182 g/mol. The molecular formula is C10H15NOS. The summed E-state index contributed by atoms with van der Waals surface area (Å²) in [6, 6.07) is 7.44. The van der Waals surface area contributed by atoms with E-state index in [4.69, 9.17) is 5.73 Å². The maximum atomic E-state index is 9.21. The minimum Gasteiger partial charge on any atom is -0.508 e. The van der Waals surface area contributed by atoms with Gasteiger partial charge in [-0.3, -0.25) is 0 Å². The molecule has 0 saturated heterocycles. The molecule has 13 heavy (non-hydrogen) atoms. The molecule has 72 valence electrons. The number of phenolic OH excluding ortho intramolecular Hbond substituents is 1. The van der Waals surface area contributed by atoms with Crippen molar-refractivity contribution in [2.24, 2.45) is 5.73 Å². The highest BCUT2D eigenvalue weighted by molar-refractivity contribution is 7.98. The van der Waals surface area contributed by atoms with Gasteiger partial charge in [-0.05, 0) is 30.4 Å². The van der Waals surface area contributed by atoms with Crippen LogP contribution in [-0.2, 0) is 6.42 Å². The van der Waals surface area contributed by atoms with E-state index in [1.165, 1.54) is 0 Å². The van der Waals surface area contributed by atoms with Crippen LogP contribution >= 0.6 is 11.8 Å². The molecule has 0 heterocycles. The normalized spacial score (nSPS) is 12.8. The Kier molecular flexibility index (Phi) is 4.12. The number of rotatable bonds is 4. The standard InChI is InChI=1S/C10H15NOS/c1-13-7-9(11)5-8-3-2-4-10(12)6-8/h2-4,6,9,12H,5,7,11H2,1H3. The molecule has 0 spiro atoms. The zero-order valence-electron chi connectivity index (χ0n) is 7.73. The summed E-state index contributed by atoms with van der Waals surface area (Å²) in [5.74, 6) is 1.27. The van der Waals surface area contributed by atoms with Crippen LogP contribution in [0.3, 0.4) is 0 Å². The second-order valence-electron chi connectivity index (χ2n) is 3.09. The van der Waals surface area contributed by atoms with E-state index >= 15 is 0 Å². The van der Waals surface area contributed by atoms with Gasteiger partial charge in [0.2, 0.25) is 0 Å². The van der Waals surface area contributed by atoms with E-state index < -0.39 is 0 Å². The van der Waals surface area contributed by atoms with Gasteiger partial charge in [0.25, 0.3) is 0 Å². The highest BCUT2D eigenvalue weighted by atomic mass is 32.2. The molecule has 0 saturated carbocycles. The fourth-order valence-electron chi connectivity index (χ4n) is 1.26. The second kappa shape index (κ2) is 5.14. The van der Waals surface area contributed by atoms with Gasteiger partial charge >= 0.3 is 0 Å². The summed E-state index contributed by atoms with van der Waals surface area (Å²) in [5, 5.41) is 9.21. The van der Waals surface area contributed by atoms with Crippen LogP contribution in [0.25, 0.3) is 0 Å². The van der Waals surface area contributed by atoms with E-state index in [1.54, 1.807) is 23.9 Å². The van der Waals surface area contributed by atoms with E-state index in [1.807, 2.05) is 18.4 Å². The molecule has 0 radical (unpaired) electrons. The van der Waals surface area contributed by atoms with E-state index in [0.29, 0.717) is 5.75 Å². The van der Waals surface area contributed by atoms with Gasteiger partial charge < -0.3 is 10.8 Å². The molecule has 3 N–H and O–H groups in total. The third kappa shape index (κ3) is 3.70. The molecule has 0 fully saturated rings. The molecule has 0 amide bonds. The first-order chi connectivity index (χ1) is 6.22. The van der Waals surface area contributed by atoms with Crippen LogP contribution < -0.4 is 5.73 Å². The van der Waals surface area contributed by atoms with E-state index in [-0.39, 0.29) is 6.04 Å². The first-order valence-electron chi connectivity index (χ1n) is 4.25. The third-order valence-electron chi connectivity index (χ3n) is 1.79. The maximum absolute atomic E-state index is 9.21. The largest absolute Gasteiger partial charge is 0.508 e. The Bertz CT molecular complexity index is 265. The molecule has 0 bridgehead atoms. The van der Waals surface area contributed by atoms with Crippen molar-refractivity contribution in [1.29, 1.82) is 0 Å². The lowest BCUT2D eigenvalue weighted by molar-refractivity contribution is 0.474. The van der Waals surface area contributed by atoms with Crippen molar-refractivity contribution in [2.75, 3.05) is 12.0 Å². The molecule has 0 aliphatic rings. The average molecular weight is 197 g/mol. The first kappa shape index (κ1) is 10.4. The summed E-state index contributed by atoms with van der Waals surface area (Å²) in [4.78, 5) is 0. The van der Waals surface area contributed by atoms with Gasteiger partial charge in [-0.25, -0.2) is 0 Å². The van der Waals surface area contributed by atoms with Gasteiger partial charge in [-0.2, -0.15) is 11.8 Å². The van der Waals surface area contributed by atoms with Gasteiger partial charge in [0.15, 0.2) is 0 Å². The first-order valence-corrected chi connectivity index (χ1v) is 5.64. The predicted octanol–water partition coefficient (Wildman–Crippen LogP) is 1.62. The van der Waals surface area contributed by atoms with Crippen LogP contribution in [0.2, 0.25) is 0 Å². The van der Waals surface area contributed by atoms with Crippen molar-refractivity contribution in [3.63, 3.8) is 0 Å². The fourth-order valence-corrected chi connectivity index (χ4v) is 1.81. The van der Waals surface area contributed by atoms with E-state index in [0.717, 1.165) is 17.7 Å². The molecule has 3 heteroatoms. The van der Waals surface area contributed by atoms with Crippen LogP contribution in [0.4, 0.5) is 0 Å².